The van der Waals surface area contributed by atoms with Gasteiger partial charge in [0, 0.05) is 10.9 Å². The lowest BCUT2D eigenvalue weighted by atomic mass is 9.97. The average molecular weight is 331 g/mol. The minimum Gasteiger partial charge on any atom is -0.374 e. The van der Waals surface area contributed by atoms with Crippen molar-refractivity contribution in [1.82, 2.24) is 20.4 Å². The van der Waals surface area contributed by atoms with Crippen molar-refractivity contribution in [2.24, 2.45) is 0 Å². The molecule has 2 aromatic heterocycles. The summed E-state index contributed by atoms with van der Waals surface area (Å²) in [6.07, 6.45) is 5.07. The molecule has 0 spiro atoms. The van der Waals surface area contributed by atoms with Crippen LogP contribution in [0.1, 0.15) is 16.7 Å². The Morgan fingerprint density at radius 1 is 1.04 bits per heavy atom. The van der Waals surface area contributed by atoms with E-state index in [2.05, 4.69) is 62.9 Å². The smallest absolute Gasteiger partial charge is 0.203 e. The Balaban J connectivity index is 1.61. The first kappa shape index (κ1) is 13.4. The number of H-pyrrole nitrogens is 1. The zero-order valence-electron chi connectivity index (χ0n) is 12.7. The van der Waals surface area contributed by atoms with E-state index in [1.807, 2.05) is 6.20 Å². The second kappa shape index (κ2) is 5.01. The minimum atomic E-state index is 0.492. The number of nitrogen functional groups attached to an aromatic ring is 1. The summed E-state index contributed by atoms with van der Waals surface area (Å²) in [4.78, 5) is 0. The van der Waals surface area contributed by atoms with E-state index in [9.17, 15) is 0 Å². The molecule has 0 aliphatic heterocycles. The maximum atomic E-state index is 5.71. The minimum absolute atomic E-state index is 0.492. The number of allylic oxidation sites excluding steroid dienone is 1. The Kier molecular flexibility index (Phi) is 2.80. The Labute approximate surface area is 141 Å². The molecule has 0 amide bonds. The van der Waals surface area contributed by atoms with Crippen LogP contribution in [-0.4, -0.2) is 20.4 Å². The van der Waals surface area contributed by atoms with Crippen LogP contribution in [0.2, 0.25) is 0 Å². The number of fused-ring (bicyclic) bond motifs is 2. The summed E-state index contributed by atoms with van der Waals surface area (Å²) >= 11 is 1.41. The number of nitrogens with one attached hydrogen (secondary N) is 1. The van der Waals surface area contributed by atoms with Crippen molar-refractivity contribution >= 4 is 32.9 Å². The van der Waals surface area contributed by atoms with Crippen molar-refractivity contribution in [3.8, 4) is 10.6 Å². The van der Waals surface area contributed by atoms with Gasteiger partial charge in [0.2, 0.25) is 5.13 Å². The molecule has 0 atom stereocenters. The maximum absolute atomic E-state index is 5.71. The number of anilines is 1. The van der Waals surface area contributed by atoms with Crippen LogP contribution in [0.25, 0.3) is 27.0 Å². The molecule has 1 aliphatic carbocycles. The predicted octanol–water partition coefficient (Wildman–Crippen LogP) is 3.65. The molecule has 24 heavy (non-hydrogen) atoms. The van der Waals surface area contributed by atoms with Crippen LogP contribution in [0.5, 0.6) is 0 Å². The molecule has 0 saturated heterocycles. The fourth-order valence-electron chi connectivity index (χ4n) is 3.19. The van der Waals surface area contributed by atoms with Crippen molar-refractivity contribution in [3.05, 3.63) is 65.4 Å². The van der Waals surface area contributed by atoms with Crippen molar-refractivity contribution in [2.75, 3.05) is 5.73 Å². The van der Waals surface area contributed by atoms with Gasteiger partial charge in [0.25, 0.3) is 0 Å². The molecule has 5 rings (SSSR count). The van der Waals surface area contributed by atoms with Gasteiger partial charge in [-0.3, -0.25) is 5.10 Å². The molecule has 1 aliphatic rings. The normalized spacial score (nSPS) is 13.2. The molecule has 5 nitrogen and oxygen atoms in total. The number of rotatable bonds is 2. The standard InChI is InChI=1S/C18H13N5S/c19-18-23-22-17(24-18)12-3-1-10-5-6-14(15(10)7-12)11-2-4-13-9-20-21-16(13)8-11/h1-4,6-9H,5H2,(H2,19,23)(H,20,21). The molecule has 116 valence electrons. The van der Waals surface area contributed by atoms with Gasteiger partial charge < -0.3 is 5.73 Å². The van der Waals surface area contributed by atoms with Crippen LogP contribution in [0, 0.1) is 0 Å². The number of hydrogen-bond acceptors (Lipinski definition) is 5. The van der Waals surface area contributed by atoms with Gasteiger partial charge in [-0.05, 0) is 40.8 Å². The highest BCUT2D eigenvalue weighted by Crippen LogP contribution is 2.37. The van der Waals surface area contributed by atoms with Gasteiger partial charge in [-0.1, -0.05) is 41.7 Å². The van der Waals surface area contributed by atoms with E-state index in [0.29, 0.717) is 5.13 Å². The van der Waals surface area contributed by atoms with Crippen LogP contribution >= 0.6 is 11.3 Å². The van der Waals surface area contributed by atoms with E-state index in [1.165, 1.54) is 33.6 Å². The first-order chi connectivity index (χ1) is 11.8. The Hall–Kier alpha value is -2.99. The van der Waals surface area contributed by atoms with E-state index in [-0.39, 0.29) is 0 Å². The van der Waals surface area contributed by atoms with Crippen LogP contribution < -0.4 is 5.73 Å². The molecule has 0 saturated carbocycles. The molecule has 0 radical (unpaired) electrons. The molecular formula is C18H13N5S. The molecule has 2 heterocycles. The average Bonchev–Trinajstić information content (AvgIpc) is 3.32. The van der Waals surface area contributed by atoms with E-state index in [1.54, 1.807) is 0 Å². The summed E-state index contributed by atoms with van der Waals surface area (Å²) in [5, 5.41) is 17.7. The number of benzene rings is 2. The SMILES string of the molecule is Nc1nnc(-c2ccc3c(c2)C(c2ccc4cn[nH]c4c2)=CC3)s1. The molecule has 3 N–H and O–H groups in total. The summed E-state index contributed by atoms with van der Waals surface area (Å²) < 4.78 is 0. The number of aromatic nitrogens is 4. The lowest BCUT2D eigenvalue weighted by molar-refractivity contribution is 1.10. The fraction of sp³-hybridized carbons (Fsp3) is 0.0556. The highest BCUT2D eigenvalue weighted by Gasteiger charge is 2.18. The van der Waals surface area contributed by atoms with E-state index in [0.717, 1.165) is 27.9 Å². The van der Waals surface area contributed by atoms with E-state index < -0.39 is 0 Å². The second-order valence-electron chi connectivity index (χ2n) is 5.81. The highest BCUT2D eigenvalue weighted by atomic mass is 32.1. The van der Waals surface area contributed by atoms with Gasteiger partial charge >= 0.3 is 0 Å². The van der Waals surface area contributed by atoms with Gasteiger partial charge in [0.1, 0.15) is 5.01 Å². The lowest BCUT2D eigenvalue weighted by Crippen LogP contribution is -1.89. The van der Waals surface area contributed by atoms with Crippen molar-refractivity contribution in [1.29, 1.82) is 0 Å². The summed E-state index contributed by atoms with van der Waals surface area (Å²) in [7, 11) is 0. The molecule has 4 aromatic rings. The third-order valence-corrected chi connectivity index (χ3v) is 5.17. The van der Waals surface area contributed by atoms with Gasteiger partial charge in [-0.2, -0.15) is 5.10 Å². The lowest BCUT2D eigenvalue weighted by Gasteiger charge is -2.08. The highest BCUT2D eigenvalue weighted by molar-refractivity contribution is 7.18. The van der Waals surface area contributed by atoms with Crippen molar-refractivity contribution in [3.63, 3.8) is 0 Å². The summed E-state index contributed by atoms with van der Waals surface area (Å²) in [5.41, 5.74) is 12.8. The zero-order chi connectivity index (χ0) is 16.1. The van der Waals surface area contributed by atoms with Gasteiger partial charge in [0.15, 0.2) is 0 Å². The Morgan fingerprint density at radius 2 is 1.96 bits per heavy atom. The number of aromatic amines is 1. The Bertz CT molecular complexity index is 1110. The van der Waals surface area contributed by atoms with E-state index in [4.69, 9.17) is 5.73 Å². The monoisotopic (exact) mass is 331 g/mol. The molecule has 0 unspecified atom stereocenters. The molecule has 0 bridgehead atoms. The third-order valence-electron chi connectivity index (χ3n) is 4.37. The van der Waals surface area contributed by atoms with Crippen molar-refractivity contribution < 1.29 is 0 Å². The summed E-state index contributed by atoms with van der Waals surface area (Å²) in [5.74, 6) is 0. The van der Waals surface area contributed by atoms with Crippen molar-refractivity contribution in [2.45, 2.75) is 6.42 Å². The maximum Gasteiger partial charge on any atom is 0.203 e. The van der Waals surface area contributed by atoms with Gasteiger partial charge in [0.05, 0.1) is 11.7 Å². The predicted molar refractivity (Wildman–Crippen MR) is 96.6 cm³/mol. The van der Waals surface area contributed by atoms with Crippen LogP contribution in [0.15, 0.2) is 48.7 Å². The molecular weight excluding hydrogens is 318 g/mol. The van der Waals surface area contributed by atoms with Gasteiger partial charge in [-0.25, -0.2) is 0 Å². The van der Waals surface area contributed by atoms with Crippen LogP contribution in [0.3, 0.4) is 0 Å². The van der Waals surface area contributed by atoms with Crippen LogP contribution in [-0.2, 0) is 6.42 Å². The fourth-order valence-corrected chi connectivity index (χ4v) is 3.80. The van der Waals surface area contributed by atoms with Crippen LogP contribution in [0.4, 0.5) is 5.13 Å². The van der Waals surface area contributed by atoms with Gasteiger partial charge in [-0.15, -0.1) is 10.2 Å². The first-order valence-corrected chi connectivity index (χ1v) is 8.46. The topological polar surface area (TPSA) is 80.5 Å². The number of hydrogen-bond donors (Lipinski definition) is 2. The molecule has 2 aromatic carbocycles. The Morgan fingerprint density at radius 3 is 2.83 bits per heavy atom. The number of nitrogens with two attached hydrogens (primary N) is 1. The number of nitrogens with zero attached hydrogens (tertiary/aromatic N) is 3. The quantitative estimate of drug-likeness (QED) is 0.587. The molecule has 6 heteroatoms. The second-order valence-corrected chi connectivity index (χ2v) is 6.82. The third kappa shape index (κ3) is 2.04. The zero-order valence-corrected chi connectivity index (χ0v) is 13.5. The van der Waals surface area contributed by atoms with E-state index >= 15 is 0 Å². The molecule has 0 fully saturated rings. The summed E-state index contributed by atoms with van der Waals surface area (Å²) in [6.45, 7) is 0. The largest absolute Gasteiger partial charge is 0.374 e. The summed E-state index contributed by atoms with van der Waals surface area (Å²) in [6, 6.07) is 12.8. The first-order valence-electron chi connectivity index (χ1n) is 7.64.